The number of likely N-dealkylation sites (N-methyl/N-ethyl adjacent to an activating group) is 1. The summed E-state index contributed by atoms with van der Waals surface area (Å²) in [5.41, 5.74) is 7.42. The Hall–Kier alpha value is -1.36. The highest BCUT2D eigenvalue weighted by atomic mass is 35.5. The third-order valence-electron chi connectivity index (χ3n) is 4.72. The SMILES string of the molecule is CCNCC(OCC)(OCC)c1ccnc(Cl)c1.CCOC(CN)(OCC)c1ccnc(Cl)c1. The fourth-order valence-electron chi connectivity index (χ4n) is 3.36. The minimum Gasteiger partial charge on any atom is -0.345 e. The van der Waals surface area contributed by atoms with Crippen LogP contribution in [0.5, 0.6) is 0 Å². The highest BCUT2D eigenvalue weighted by Crippen LogP contribution is 2.29. The Balaban J connectivity index is 0.000000342. The van der Waals surface area contributed by atoms with Gasteiger partial charge in [-0.1, -0.05) is 30.1 Å². The van der Waals surface area contributed by atoms with Crippen LogP contribution >= 0.6 is 23.2 Å². The van der Waals surface area contributed by atoms with Crippen LogP contribution in [0.4, 0.5) is 0 Å². The largest absolute Gasteiger partial charge is 0.345 e. The second-order valence-electron chi connectivity index (χ2n) is 6.96. The van der Waals surface area contributed by atoms with Gasteiger partial charge in [-0.3, -0.25) is 0 Å². The number of hydrogen-bond acceptors (Lipinski definition) is 8. The summed E-state index contributed by atoms with van der Waals surface area (Å²) in [5, 5.41) is 4.10. The van der Waals surface area contributed by atoms with Gasteiger partial charge < -0.3 is 30.0 Å². The Kier molecular flexibility index (Phi) is 14.7. The normalized spacial score (nSPS) is 11.8. The summed E-state index contributed by atoms with van der Waals surface area (Å²) < 4.78 is 22.9. The third-order valence-corrected chi connectivity index (χ3v) is 5.13. The Morgan fingerprint density at radius 1 is 0.765 bits per heavy atom. The van der Waals surface area contributed by atoms with E-state index in [0.717, 1.165) is 17.7 Å². The van der Waals surface area contributed by atoms with Crippen molar-refractivity contribution in [2.45, 2.75) is 46.2 Å². The molecule has 10 heteroatoms. The summed E-state index contributed by atoms with van der Waals surface area (Å²) in [7, 11) is 0. The molecular weight excluding hydrogens is 479 g/mol. The molecule has 0 aromatic carbocycles. The summed E-state index contributed by atoms with van der Waals surface area (Å²) in [6.45, 7) is 13.5. The molecule has 34 heavy (non-hydrogen) atoms. The van der Waals surface area contributed by atoms with Crippen LogP contribution in [0.3, 0.4) is 0 Å². The van der Waals surface area contributed by atoms with E-state index in [1.165, 1.54) is 0 Å². The van der Waals surface area contributed by atoms with Crippen molar-refractivity contribution in [3.8, 4) is 0 Å². The van der Waals surface area contributed by atoms with Crippen molar-refractivity contribution in [3.05, 3.63) is 58.1 Å². The van der Waals surface area contributed by atoms with E-state index in [2.05, 4.69) is 15.3 Å². The van der Waals surface area contributed by atoms with E-state index in [1.807, 2.05) is 40.7 Å². The predicted molar refractivity (Wildman–Crippen MR) is 136 cm³/mol. The molecular formula is C24H38Cl2N4O4. The number of nitrogens with one attached hydrogen (secondary N) is 1. The second kappa shape index (κ2) is 16.3. The van der Waals surface area contributed by atoms with E-state index in [1.54, 1.807) is 30.6 Å². The van der Waals surface area contributed by atoms with Gasteiger partial charge in [0.25, 0.3) is 0 Å². The van der Waals surface area contributed by atoms with Gasteiger partial charge >= 0.3 is 0 Å². The molecule has 0 atom stereocenters. The number of rotatable bonds is 14. The molecule has 0 aliphatic rings. The number of ether oxygens (including phenoxy) is 4. The molecule has 0 aliphatic heterocycles. The van der Waals surface area contributed by atoms with E-state index in [4.69, 9.17) is 47.9 Å². The van der Waals surface area contributed by atoms with Gasteiger partial charge in [-0.05, 0) is 58.5 Å². The number of nitrogens with zero attached hydrogens (tertiary/aromatic N) is 2. The maximum Gasteiger partial charge on any atom is 0.207 e. The average Bonchev–Trinajstić information content (AvgIpc) is 2.83. The fourth-order valence-corrected chi connectivity index (χ4v) is 3.71. The molecule has 8 nitrogen and oxygen atoms in total. The highest BCUT2D eigenvalue weighted by Gasteiger charge is 2.34. The van der Waals surface area contributed by atoms with Gasteiger partial charge in [0.2, 0.25) is 11.6 Å². The monoisotopic (exact) mass is 516 g/mol. The molecule has 0 bridgehead atoms. The molecule has 0 aliphatic carbocycles. The van der Waals surface area contributed by atoms with Crippen molar-refractivity contribution in [2.24, 2.45) is 5.73 Å². The van der Waals surface area contributed by atoms with Gasteiger partial charge in [-0.25, -0.2) is 9.97 Å². The Morgan fingerprint density at radius 2 is 1.18 bits per heavy atom. The lowest BCUT2D eigenvalue weighted by molar-refractivity contribution is -0.239. The van der Waals surface area contributed by atoms with Crippen molar-refractivity contribution < 1.29 is 18.9 Å². The van der Waals surface area contributed by atoms with Crippen LogP contribution in [0.1, 0.15) is 45.7 Å². The van der Waals surface area contributed by atoms with Gasteiger partial charge in [0.05, 0.1) is 13.1 Å². The Labute approximate surface area is 213 Å². The standard InChI is InChI=1S/C13H21ClN2O2.C11H17ClN2O2/c1-4-15-10-13(17-5-2,18-6-3)11-7-8-16-12(14)9-11;1-3-15-11(8-13,16-4-2)9-5-6-14-10(12)7-9/h7-9,15H,4-6,10H2,1-3H3;5-7H,3-4,8,13H2,1-2H3. The van der Waals surface area contributed by atoms with Gasteiger partial charge in [0, 0.05) is 49.9 Å². The van der Waals surface area contributed by atoms with E-state index < -0.39 is 11.6 Å². The Bertz CT molecular complexity index is 817. The molecule has 192 valence electrons. The maximum absolute atomic E-state index is 5.94. The van der Waals surface area contributed by atoms with Gasteiger partial charge in [-0.15, -0.1) is 0 Å². The molecule has 2 rings (SSSR count). The van der Waals surface area contributed by atoms with Gasteiger partial charge in [-0.2, -0.15) is 0 Å². The van der Waals surface area contributed by atoms with E-state index in [9.17, 15) is 0 Å². The molecule has 0 radical (unpaired) electrons. The first-order valence-corrected chi connectivity index (χ1v) is 12.3. The topological polar surface area (TPSA) is 101 Å². The zero-order chi connectivity index (χ0) is 25.5. The van der Waals surface area contributed by atoms with Crippen molar-refractivity contribution in [3.63, 3.8) is 0 Å². The van der Waals surface area contributed by atoms with E-state index in [0.29, 0.717) is 43.3 Å². The number of aromatic nitrogens is 2. The first-order valence-electron chi connectivity index (χ1n) is 11.6. The minimum absolute atomic E-state index is 0.231. The zero-order valence-electron chi connectivity index (χ0n) is 20.8. The van der Waals surface area contributed by atoms with Crippen LogP contribution < -0.4 is 11.1 Å². The van der Waals surface area contributed by atoms with Crippen LogP contribution in [0.2, 0.25) is 10.3 Å². The molecule has 0 spiro atoms. The first-order chi connectivity index (χ1) is 16.4. The first kappa shape index (κ1) is 30.7. The lowest BCUT2D eigenvalue weighted by Crippen LogP contribution is -2.43. The van der Waals surface area contributed by atoms with Gasteiger partial charge in [0.15, 0.2) is 0 Å². The number of hydrogen-bond donors (Lipinski definition) is 2. The predicted octanol–water partition coefficient (Wildman–Crippen LogP) is 4.49. The zero-order valence-corrected chi connectivity index (χ0v) is 22.3. The lowest BCUT2D eigenvalue weighted by Gasteiger charge is -2.33. The molecule has 2 aromatic rings. The van der Waals surface area contributed by atoms with Crippen LogP contribution in [0.15, 0.2) is 36.7 Å². The third kappa shape index (κ3) is 9.02. The quantitative estimate of drug-likeness (QED) is 0.279. The summed E-state index contributed by atoms with van der Waals surface area (Å²) in [5.74, 6) is -1.72. The van der Waals surface area contributed by atoms with Crippen LogP contribution in [-0.4, -0.2) is 56.0 Å². The number of nitrogens with two attached hydrogens (primary N) is 1. The number of halogens is 2. The van der Waals surface area contributed by atoms with Gasteiger partial charge in [0.1, 0.15) is 10.3 Å². The summed E-state index contributed by atoms with van der Waals surface area (Å²) in [4.78, 5) is 7.91. The van der Waals surface area contributed by atoms with E-state index in [-0.39, 0.29) is 6.54 Å². The minimum atomic E-state index is -0.921. The second-order valence-corrected chi connectivity index (χ2v) is 7.73. The Morgan fingerprint density at radius 3 is 1.53 bits per heavy atom. The van der Waals surface area contributed by atoms with Crippen molar-refractivity contribution in [1.82, 2.24) is 15.3 Å². The van der Waals surface area contributed by atoms with Crippen molar-refractivity contribution >= 4 is 23.2 Å². The summed E-state index contributed by atoms with van der Waals surface area (Å²) in [6.07, 6.45) is 3.27. The molecule has 0 amide bonds. The lowest BCUT2D eigenvalue weighted by atomic mass is 10.1. The summed E-state index contributed by atoms with van der Waals surface area (Å²) >= 11 is 11.8. The van der Waals surface area contributed by atoms with Crippen LogP contribution in [0.25, 0.3) is 0 Å². The van der Waals surface area contributed by atoms with Crippen LogP contribution in [-0.2, 0) is 30.5 Å². The molecule has 2 heterocycles. The highest BCUT2D eigenvalue weighted by molar-refractivity contribution is 6.29. The van der Waals surface area contributed by atoms with Crippen LogP contribution in [0, 0.1) is 0 Å². The maximum atomic E-state index is 5.94. The summed E-state index contributed by atoms with van der Waals surface area (Å²) in [6, 6.07) is 7.16. The molecule has 0 saturated carbocycles. The van der Waals surface area contributed by atoms with Crippen molar-refractivity contribution in [1.29, 1.82) is 0 Å². The van der Waals surface area contributed by atoms with Crippen molar-refractivity contribution in [2.75, 3.05) is 46.1 Å². The smallest absolute Gasteiger partial charge is 0.207 e. The average molecular weight is 517 g/mol. The van der Waals surface area contributed by atoms with E-state index >= 15 is 0 Å². The molecule has 0 fully saturated rings. The fraction of sp³-hybridized carbons (Fsp3) is 0.583. The number of pyridine rings is 2. The molecule has 0 unspecified atom stereocenters. The molecule has 3 N–H and O–H groups in total. The molecule has 0 saturated heterocycles. The molecule has 2 aromatic heterocycles.